The van der Waals surface area contributed by atoms with E-state index in [1.54, 1.807) is 24.7 Å². The number of fused-ring (bicyclic) bond motifs is 1. The van der Waals surface area contributed by atoms with Gasteiger partial charge in [-0.2, -0.15) is 11.8 Å². The minimum atomic E-state index is -0.768. The maximum absolute atomic E-state index is 13.8. The van der Waals surface area contributed by atoms with Crippen LogP contribution in [0.1, 0.15) is 118 Å². The molecule has 0 amide bonds. The van der Waals surface area contributed by atoms with Gasteiger partial charge in [0.05, 0.1) is 29.9 Å². The topological polar surface area (TPSA) is 57.5 Å². The number of allylic oxidation sites excluding steroid dienone is 10. The summed E-state index contributed by atoms with van der Waals surface area (Å²) in [5, 5.41) is -0.384. The normalized spacial score (nSPS) is 15.0. The van der Waals surface area contributed by atoms with E-state index in [9.17, 15) is 9.59 Å². The first-order chi connectivity index (χ1) is 21.2. The Labute approximate surface area is 274 Å². The number of methoxy groups -OCH3 is 1. The molecule has 0 saturated heterocycles. The molecule has 0 aromatic carbocycles. The van der Waals surface area contributed by atoms with Gasteiger partial charge in [-0.25, -0.2) is 0 Å². The lowest BCUT2D eigenvalue weighted by Gasteiger charge is -2.25. The van der Waals surface area contributed by atoms with E-state index in [0.29, 0.717) is 17.9 Å². The zero-order valence-corrected chi connectivity index (χ0v) is 31.2. The van der Waals surface area contributed by atoms with Gasteiger partial charge in [-0.05, 0) is 73.4 Å². The molecule has 2 atom stereocenters. The van der Waals surface area contributed by atoms with E-state index in [-0.39, 0.29) is 17.4 Å². The number of aromatic nitrogens is 1. The number of pyridine rings is 1. The summed E-state index contributed by atoms with van der Waals surface area (Å²) in [4.78, 5) is 25.7. The molecular formula is C38H63NO4S. The Kier molecular flexibility index (Phi) is 28.7. The van der Waals surface area contributed by atoms with Crippen LogP contribution >= 0.6 is 11.8 Å². The third kappa shape index (κ3) is 13.9. The Morgan fingerprint density at radius 1 is 1.11 bits per heavy atom. The summed E-state index contributed by atoms with van der Waals surface area (Å²) >= 11 is 1.47. The van der Waals surface area contributed by atoms with Crippen molar-refractivity contribution in [3.63, 3.8) is 0 Å². The number of aldehydes is 1. The first-order valence-corrected chi connectivity index (χ1v) is 17.4. The van der Waals surface area contributed by atoms with Crippen molar-refractivity contribution in [1.82, 2.24) is 4.57 Å². The third-order valence-corrected chi connectivity index (χ3v) is 6.96. The van der Waals surface area contributed by atoms with Crippen molar-refractivity contribution < 1.29 is 14.3 Å². The molecule has 1 aromatic rings. The standard InChI is InChI=1S/C29H37NO4S.C3H8.3C2H6/c1-9-12-21(20(6)11-3)14-22-16-30-26(23(22)13-10-2)15-24(25(18-33-7)29(30)32)28(35-8)27(17-31)34-19(4)5;1-3-2;3*1-2/h9,11-15,17,27-28H,1,4,10,16,18H2,2-3,5-8H3;3H2,1-2H3;3*1-2H3/b20-11-,21-12-,22-14-,23-13+;;;;. The second-order valence-corrected chi connectivity index (χ2v) is 10.1. The molecule has 6 heteroatoms. The van der Waals surface area contributed by atoms with Crippen LogP contribution in [0.2, 0.25) is 0 Å². The summed E-state index contributed by atoms with van der Waals surface area (Å²) in [6.07, 6.45) is 14.1. The van der Waals surface area contributed by atoms with Gasteiger partial charge >= 0.3 is 0 Å². The molecule has 1 aliphatic heterocycles. The van der Waals surface area contributed by atoms with Gasteiger partial charge in [0.1, 0.15) is 0 Å². The van der Waals surface area contributed by atoms with Gasteiger partial charge in [0.15, 0.2) is 12.4 Å². The van der Waals surface area contributed by atoms with Crippen LogP contribution in [0.3, 0.4) is 0 Å². The molecule has 0 radical (unpaired) electrons. The molecule has 2 heterocycles. The molecule has 2 unspecified atom stereocenters. The highest BCUT2D eigenvalue weighted by Crippen LogP contribution is 2.39. The maximum Gasteiger partial charge on any atom is 0.257 e. The first kappa shape index (κ1) is 45.6. The zero-order valence-electron chi connectivity index (χ0n) is 30.4. The number of carbonyl (C=O) groups is 1. The summed E-state index contributed by atoms with van der Waals surface area (Å²) in [6, 6.07) is 2.02. The van der Waals surface area contributed by atoms with Crippen molar-refractivity contribution in [3.8, 4) is 0 Å². The molecule has 2 rings (SSSR count). The van der Waals surface area contributed by atoms with Gasteiger partial charge in [0, 0.05) is 12.7 Å². The third-order valence-electron chi connectivity index (χ3n) is 5.93. The van der Waals surface area contributed by atoms with Crippen LogP contribution in [0.25, 0.3) is 5.57 Å². The van der Waals surface area contributed by atoms with Crippen LogP contribution in [-0.2, 0) is 27.4 Å². The van der Waals surface area contributed by atoms with E-state index in [2.05, 4.69) is 59.1 Å². The summed E-state index contributed by atoms with van der Waals surface area (Å²) in [5.41, 5.74) is 6.29. The average molecular weight is 630 g/mol. The zero-order chi connectivity index (χ0) is 34.8. The minimum absolute atomic E-state index is 0.110. The van der Waals surface area contributed by atoms with Crippen molar-refractivity contribution >= 4 is 23.6 Å². The number of rotatable bonds is 12. The van der Waals surface area contributed by atoms with Gasteiger partial charge < -0.3 is 14.0 Å². The van der Waals surface area contributed by atoms with E-state index >= 15 is 0 Å². The fourth-order valence-corrected chi connectivity index (χ4v) is 5.07. The molecule has 1 aliphatic rings. The molecule has 1 aromatic heterocycles. The number of hydrogen-bond acceptors (Lipinski definition) is 5. The summed E-state index contributed by atoms with van der Waals surface area (Å²) in [5.74, 6) is 0.449. The van der Waals surface area contributed by atoms with Crippen molar-refractivity contribution in [3.05, 3.63) is 99.3 Å². The Hall–Kier alpha value is -2.83. The number of carbonyl (C=O) groups excluding carboxylic acids is 1. The fourth-order valence-electron chi connectivity index (χ4n) is 4.22. The molecule has 0 spiro atoms. The number of hydrogen-bond donors (Lipinski definition) is 0. The Bertz CT molecular complexity index is 1170. The summed E-state index contributed by atoms with van der Waals surface area (Å²) < 4.78 is 12.9. The van der Waals surface area contributed by atoms with Crippen molar-refractivity contribution in [2.45, 2.75) is 120 Å². The van der Waals surface area contributed by atoms with Crippen molar-refractivity contribution in [2.75, 3.05) is 13.4 Å². The molecule has 250 valence electrons. The molecule has 0 bridgehead atoms. The van der Waals surface area contributed by atoms with Crippen LogP contribution in [0.15, 0.2) is 76.9 Å². The first-order valence-electron chi connectivity index (χ1n) is 16.1. The van der Waals surface area contributed by atoms with E-state index in [1.807, 2.05) is 66.9 Å². The predicted octanol–water partition coefficient (Wildman–Crippen LogP) is 10.8. The van der Waals surface area contributed by atoms with Crippen LogP contribution < -0.4 is 5.56 Å². The minimum Gasteiger partial charge on any atom is -0.487 e. The number of ether oxygens (including phenoxy) is 2. The quantitative estimate of drug-likeness (QED) is 0.131. The van der Waals surface area contributed by atoms with E-state index in [0.717, 1.165) is 46.3 Å². The van der Waals surface area contributed by atoms with Gasteiger partial charge in [-0.3, -0.25) is 9.59 Å². The Balaban J connectivity index is -0.00000169. The molecule has 0 aliphatic carbocycles. The van der Waals surface area contributed by atoms with Gasteiger partial charge in [-0.1, -0.05) is 106 Å². The lowest BCUT2D eigenvalue weighted by atomic mass is 9.96. The second kappa shape index (κ2) is 27.7. The fraction of sp³-hybridized carbons (Fsp3) is 0.526. The largest absolute Gasteiger partial charge is 0.487 e. The lowest BCUT2D eigenvalue weighted by molar-refractivity contribution is -0.115. The molecule has 44 heavy (non-hydrogen) atoms. The van der Waals surface area contributed by atoms with Gasteiger partial charge in [-0.15, -0.1) is 0 Å². The molecule has 0 saturated carbocycles. The van der Waals surface area contributed by atoms with Crippen LogP contribution in [-0.4, -0.2) is 30.3 Å². The van der Waals surface area contributed by atoms with Gasteiger partial charge in [0.25, 0.3) is 5.56 Å². The lowest BCUT2D eigenvalue weighted by Crippen LogP contribution is -2.29. The molecule has 0 fully saturated rings. The predicted molar refractivity (Wildman–Crippen MR) is 197 cm³/mol. The summed E-state index contributed by atoms with van der Waals surface area (Å²) in [7, 11) is 1.57. The molecular weight excluding hydrogens is 566 g/mol. The molecule has 5 nitrogen and oxygen atoms in total. The van der Waals surface area contributed by atoms with Gasteiger partial charge in [0.2, 0.25) is 0 Å². The van der Waals surface area contributed by atoms with Crippen LogP contribution in [0, 0.1) is 0 Å². The number of nitrogens with zero attached hydrogens (tertiary/aromatic N) is 1. The number of thioether (sulfide) groups is 1. The van der Waals surface area contributed by atoms with Crippen LogP contribution in [0.5, 0.6) is 0 Å². The van der Waals surface area contributed by atoms with Crippen molar-refractivity contribution in [1.29, 1.82) is 0 Å². The highest BCUT2D eigenvalue weighted by molar-refractivity contribution is 7.98. The average Bonchev–Trinajstić information content (AvgIpc) is 3.38. The highest BCUT2D eigenvalue weighted by atomic mass is 32.2. The smallest absolute Gasteiger partial charge is 0.257 e. The summed E-state index contributed by atoms with van der Waals surface area (Å²) in [6.45, 7) is 32.4. The second-order valence-electron chi connectivity index (χ2n) is 9.10. The maximum atomic E-state index is 13.8. The van der Waals surface area contributed by atoms with E-state index < -0.39 is 6.10 Å². The monoisotopic (exact) mass is 629 g/mol. The Morgan fingerprint density at radius 3 is 2.09 bits per heavy atom. The highest BCUT2D eigenvalue weighted by Gasteiger charge is 2.32. The van der Waals surface area contributed by atoms with E-state index in [4.69, 9.17) is 9.47 Å². The van der Waals surface area contributed by atoms with Crippen LogP contribution in [0.4, 0.5) is 0 Å². The molecule has 0 N–H and O–H groups in total. The van der Waals surface area contributed by atoms with E-state index in [1.165, 1.54) is 18.2 Å². The Morgan fingerprint density at radius 2 is 1.68 bits per heavy atom. The van der Waals surface area contributed by atoms with Crippen molar-refractivity contribution in [2.24, 2.45) is 0 Å². The SMILES string of the molecule is C=C/C=C(/C=C1/Cn2c(cc(C(SC)C(C=O)OC(=C)C)c(COC)c2=O)/C1=C/CC)C(\C)=C/C.CC.CC.CC.CCC.